The molecular formula is C13H10Cl2N2O3. The van der Waals surface area contributed by atoms with Crippen LogP contribution in [0.25, 0.3) is 0 Å². The van der Waals surface area contributed by atoms with Crippen molar-refractivity contribution in [3.05, 3.63) is 33.8 Å². The molecular weight excluding hydrogens is 303 g/mol. The number of nitrogens with zero attached hydrogens (tertiary/aromatic N) is 1. The number of benzene rings is 1. The minimum atomic E-state index is -1.21. The number of nitrogens with one attached hydrogen (secondary N) is 1. The first-order valence-corrected chi connectivity index (χ1v) is 6.22. The molecule has 0 aliphatic rings. The lowest BCUT2D eigenvalue weighted by molar-refractivity contribution is -0.122. The third kappa shape index (κ3) is 4.05. The standard InChI is InChI=1S/C13H10Cl2N2O3/c1-7(17)10(5-16)12(18)6-20-13(19)9-4-8(14)2-3-11(9)15/h2-4,10,17H,6H2,1H3. The molecule has 1 atom stereocenters. The summed E-state index contributed by atoms with van der Waals surface area (Å²) >= 11 is 11.5. The van der Waals surface area contributed by atoms with Gasteiger partial charge >= 0.3 is 5.97 Å². The van der Waals surface area contributed by atoms with Crippen LogP contribution in [0.3, 0.4) is 0 Å². The minimum absolute atomic E-state index is 0.0343. The first-order chi connectivity index (χ1) is 9.36. The Kier molecular flexibility index (Phi) is 5.68. The third-order valence-corrected chi connectivity index (χ3v) is 2.94. The molecule has 0 aliphatic carbocycles. The zero-order valence-electron chi connectivity index (χ0n) is 10.4. The topological polar surface area (TPSA) is 91.0 Å². The molecule has 0 amide bonds. The van der Waals surface area contributed by atoms with Gasteiger partial charge in [0.05, 0.1) is 16.7 Å². The summed E-state index contributed by atoms with van der Waals surface area (Å²) in [5.41, 5.74) is -0.0682. The van der Waals surface area contributed by atoms with Gasteiger partial charge in [-0.3, -0.25) is 4.79 Å². The van der Waals surface area contributed by atoms with Crippen molar-refractivity contribution in [2.45, 2.75) is 6.92 Å². The van der Waals surface area contributed by atoms with Gasteiger partial charge in [-0.15, -0.1) is 0 Å². The Bertz CT molecular complexity index is 608. The van der Waals surface area contributed by atoms with Gasteiger partial charge in [-0.25, -0.2) is 4.79 Å². The van der Waals surface area contributed by atoms with Crippen molar-refractivity contribution in [3.8, 4) is 6.07 Å². The number of nitriles is 1. The second-order valence-corrected chi connectivity index (χ2v) is 4.76. The van der Waals surface area contributed by atoms with Crippen molar-refractivity contribution in [2.24, 2.45) is 5.92 Å². The molecule has 1 aromatic rings. The molecule has 0 aliphatic heterocycles. The molecule has 0 saturated carbocycles. The summed E-state index contributed by atoms with van der Waals surface area (Å²) in [5, 5.41) is 16.5. The summed E-state index contributed by atoms with van der Waals surface area (Å²) < 4.78 is 4.78. The maximum absolute atomic E-state index is 11.7. The van der Waals surface area contributed by atoms with Crippen LogP contribution >= 0.6 is 23.2 Å². The van der Waals surface area contributed by atoms with Crippen LogP contribution in [0.15, 0.2) is 18.2 Å². The molecule has 0 fully saturated rings. The fourth-order valence-electron chi connectivity index (χ4n) is 1.36. The summed E-state index contributed by atoms with van der Waals surface area (Å²) in [5.74, 6) is -2.69. The highest BCUT2D eigenvalue weighted by atomic mass is 35.5. The summed E-state index contributed by atoms with van der Waals surface area (Å²) in [6, 6.07) is 5.94. The van der Waals surface area contributed by atoms with Crippen molar-refractivity contribution in [1.29, 1.82) is 10.7 Å². The van der Waals surface area contributed by atoms with E-state index in [1.54, 1.807) is 6.07 Å². The van der Waals surface area contributed by atoms with E-state index in [1.165, 1.54) is 25.1 Å². The Morgan fingerprint density at radius 1 is 1.45 bits per heavy atom. The Balaban J connectivity index is 2.73. The molecule has 1 N–H and O–H groups in total. The van der Waals surface area contributed by atoms with Crippen molar-refractivity contribution in [3.63, 3.8) is 0 Å². The first kappa shape index (κ1) is 16.2. The van der Waals surface area contributed by atoms with Gasteiger partial charge in [0.25, 0.3) is 0 Å². The molecule has 104 valence electrons. The number of carbonyl (C=O) groups excluding carboxylic acids is 2. The molecule has 1 aromatic carbocycles. The number of carbonyl (C=O) groups is 2. The Morgan fingerprint density at radius 2 is 2.10 bits per heavy atom. The molecule has 5 nitrogen and oxygen atoms in total. The first-order valence-electron chi connectivity index (χ1n) is 5.46. The molecule has 0 heterocycles. The van der Waals surface area contributed by atoms with E-state index in [1.807, 2.05) is 0 Å². The lowest BCUT2D eigenvalue weighted by Gasteiger charge is -2.08. The van der Waals surface area contributed by atoms with E-state index < -0.39 is 24.3 Å². The van der Waals surface area contributed by atoms with E-state index in [0.717, 1.165) is 0 Å². The van der Waals surface area contributed by atoms with Crippen LogP contribution in [0.2, 0.25) is 10.0 Å². The molecule has 0 radical (unpaired) electrons. The summed E-state index contributed by atoms with van der Waals surface area (Å²) in [4.78, 5) is 23.4. The van der Waals surface area contributed by atoms with Crippen LogP contribution in [-0.2, 0) is 9.53 Å². The van der Waals surface area contributed by atoms with Gasteiger partial charge in [-0.05, 0) is 25.1 Å². The molecule has 0 aromatic heterocycles. The van der Waals surface area contributed by atoms with Crippen molar-refractivity contribution in [1.82, 2.24) is 0 Å². The summed E-state index contributed by atoms with van der Waals surface area (Å²) in [6.07, 6.45) is 0. The number of Topliss-reactive ketones (excluding diaryl/α,β-unsaturated/α-hetero) is 1. The number of ketones is 1. The highest BCUT2D eigenvalue weighted by Crippen LogP contribution is 2.21. The van der Waals surface area contributed by atoms with Gasteiger partial charge in [-0.2, -0.15) is 5.26 Å². The number of halogens is 2. The second kappa shape index (κ2) is 7.04. The Labute approximate surface area is 125 Å². The van der Waals surface area contributed by atoms with Crippen molar-refractivity contribution >= 4 is 40.7 Å². The molecule has 0 saturated heterocycles. The van der Waals surface area contributed by atoms with Crippen LogP contribution < -0.4 is 0 Å². The number of hydrogen-bond donors (Lipinski definition) is 1. The minimum Gasteiger partial charge on any atom is -0.454 e. The van der Waals surface area contributed by atoms with Crippen LogP contribution in [0.5, 0.6) is 0 Å². The highest BCUT2D eigenvalue weighted by molar-refractivity contribution is 6.35. The number of esters is 1. The fourth-order valence-corrected chi connectivity index (χ4v) is 1.73. The molecule has 20 heavy (non-hydrogen) atoms. The lowest BCUT2D eigenvalue weighted by Crippen LogP contribution is -2.25. The highest BCUT2D eigenvalue weighted by Gasteiger charge is 2.22. The third-order valence-electron chi connectivity index (χ3n) is 2.38. The molecule has 1 unspecified atom stereocenters. The van der Waals surface area contributed by atoms with E-state index in [-0.39, 0.29) is 16.3 Å². The van der Waals surface area contributed by atoms with E-state index in [9.17, 15) is 9.59 Å². The molecule has 1 rings (SSSR count). The fraction of sp³-hybridized carbons (Fsp3) is 0.231. The van der Waals surface area contributed by atoms with Crippen LogP contribution in [0.1, 0.15) is 17.3 Å². The monoisotopic (exact) mass is 312 g/mol. The van der Waals surface area contributed by atoms with Gasteiger partial charge < -0.3 is 10.1 Å². The van der Waals surface area contributed by atoms with Gasteiger partial charge in [0.2, 0.25) is 0 Å². The van der Waals surface area contributed by atoms with E-state index >= 15 is 0 Å². The van der Waals surface area contributed by atoms with Crippen molar-refractivity contribution in [2.75, 3.05) is 6.61 Å². The number of rotatable bonds is 5. The van der Waals surface area contributed by atoms with E-state index in [2.05, 4.69) is 0 Å². The van der Waals surface area contributed by atoms with Gasteiger partial charge in [-0.1, -0.05) is 23.2 Å². The second-order valence-electron chi connectivity index (χ2n) is 3.91. The average molecular weight is 313 g/mol. The van der Waals surface area contributed by atoms with Crippen molar-refractivity contribution < 1.29 is 14.3 Å². The number of hydrogen-bond acceptors (Lipinski definition) is 5. The quantitative estimate of drug-likeness (QED) is 0.668. The predicted molar refractivity (Wildman–Crippen MR) is 74.3 cm³/mol. The van der Waals surface area contributed by atoms with Gasteiger partial charge in [0.15, 0.2) is 12.4 Å². The Morgan fingerprint density at radius 3 is 2.65 bits per heavy atom. The largest absolute Gasteiger partial charge is 0.454 e. The zero-order valence-corrected chi connectivity index (χ0v) is 12.0. The maximum atomic E-state index is 11.7. The average Bonchev–Trinajstić information content (AvgIpc) is 2.39. The van der Waals surface area contributed by atoms with Gasteiger partial charge in [0, 0.05) is 10.7 Å². The molecule has 0 bridgehead atoms. The molecule has 7 heteroatoms. The van der Waals surface area contributed by atoms with E-state index in [0.29, 0.717) is 5.02 Å². The smallest absolute Gasteiger partial charge is 0.340 e. The van der Waals surface area contributed by atoms with Crippen LogP contribution in [0, 0.1) is 22.7 Å². The zero-order chi connectivity index (χ0) is 15.3. The van der Waals surface area contributed by atoms with Crippen LogP contribution in [0.4, 0.5) is 0 Å². The molecule has 0 spiro atoms. The summed E-state index contributed by atoms with van der Waals surface area (Å²) in [7, 11) is 0. The van der Waals surface area contributed by atoms with E-state index in [4.69, 9.17) is 38.6 Å². The normalized spacial score (nSPS) is 11.3. The SMILES string of the molecule is CC(=N)C(C#N)C(=O)COC(=O)c1cc(Cl)ccc1Cl. The van der Waals surface area contributed by atoms with Gasteiger partial charge in [0.1, 0.15) is 5.92 Å². The predicted octanol–water partition coefficient (Wildman–Crippen LogP) is 2.90. The van der Waals surface area contributed by atoms with Crippen LogP contribution in [-0.4, -0.2) is 24.1 Å². The lowest BCUT2D eigenvalue weighted by atomic mass is 10.0. The Hall–Kier alpha value is -1.90. The number of ether oxygens (including phenoxy) is 1. The maximum Gasteiger partial charge on any atom is 0.340 e. The summed E-state index contributed by atoms with van der Waals surface area (Å²) in [6.45, 7) is 0.734.